The van der Waals surface area contributed by atoms with Gasteiger partial charge in [0.2, 0.25) is 0 Å². The summed E-state index contributed by atoms with van der Waals surface area (Å²) >= 11 is 0. The molecule has 2 bridgehead atoms. The molecule has 7 heterocycles. The van der Waals surface area contributed by atoms with Crippen LogP contribution in [0.15, 0.2) is 23.8 Å². The SMILES string of the molecule is B[P@@]1(=O)OCC2OC(n3cnc4c(=O)[nH]c(C)nc43)C(O[P@](B)(=O)OCC3OC(n4cnc5c(N)ncnc54)C(O)C3O1)C2O. The number of H-pyrrole nitrogens is 1. The molecule has 0 saturated carbocycles. The van der Waals surface area contributed by atoms with Crippen LogP contribution in [0.1, 0.15) is 18.3 Å². The van der Waals surface area contributed by atoms with E-state index in [0.29, 0.717) is 5.82 Å². The quantitative estimate of drug-likeness (QED) is 0.129. The molecule has 238 valence electrons. The van der Waals surface area contributed by atoms with Crippen molar-refractivity contribution in [2.75, 3.05) is 18.9 Å². The summed E-state index contributed by atoms with van der Waals surface area (Å²) in [6.45, 7) is 0.661. The van der Waals surface area contributed by atoms with Gasteiger partial charge in [0.05, 0.1) is 25.9 Å². The van der Waals surface area contributed by atoms with Crippen LogP contribution >= 0.6 is 14.9 Å². The molecule has 0 radical (unpaired) electrons. The molecular formula is C21H27B2N9O11P2. The standard InChI is InChI=1S/C21H27B2N9O11P2/c1-7-29-18-11(19(35)30-7)28-6-32(18)21-15-12(33)8(40-21)2-38-44(22,36)42-14-9(3-39-45(23,37)43-15)41-20(13(14)34)31-5-27-10-16(24)25-4-26-17(10)31/h4-6,8-9,12-15,20-21,33-34H,2-3,22-23H2,1H3,(H2,24,25,26)(H,29,30,35)/t8?,9?,12?,13?,14?,15?,20?,21?,44-,45-/m1/s1. The van der Waals surface area contributed by atoms with Crippen molar-refractivity contribution in [1.82, 2.24) is 39.0 Å². The number of nitrogens with two attached hydrogens (primary N) is 1. The number of anilines is 1. The molecule has 3 saturated heterocycles. The Morgan fingerprint density at radius 2 is 1.51 bits per heavy atom. The van der Waals surface area contributed by atoms with E-state index >= 15 is 0 Å². The molecule has 24 heteroatoms. The summed E-state index contributed by atoms with van der Waals surface area (Å²) in [4.78, 5) is 35.7. The molecule has 45 heavy (non-hydrogen) atoms. The Morgan fingerprint density at radius 3 is 2.24 bits per heavy atom. The highest BCUT2D eigenvalue weighted by Crippen LogP contribution is 2.53. The number of aromatic amines is 1. The average molecular weight is 665 g/mol. The first-order valence-corrected chi connectivity index (χ1v) is 17.6. The molecule has 8 unspecified atom stereocenters. The summed E-state index contributed by atoms with van der Waals surface area (Å²) < 4.78 is 65.1. The molecular weight excluding hydrogens is 638 g/mol. The van der Waals surface area contributed by atoms with Gasteiger partial charge in [-0.1, -0.05) is 0 Å². The van der Waals surface area contributed by atoms with E-state index in [-0.39, 0.29) is 28.1 Å². The van der Waals surface area contributed by atoms with Crippen LogP contribution in [0.5, 0.6) is 0 Å². The van der Waals surface area contributed by atoms with E-state index in [2.05, 4.69) is 29.9 Å². The van der Waals surface area contributed by atoms with Crippen LogP contribution in [0.4, 0.5) is 5.82 Å². The number of nitrogen functional groups attached to an aromatic ring is 1. The molecule has 3 fully saturated rings. The van der Waals surface area contributed by atoms with Gasteiger partial charge >= 0.3 is 0 Å². The number of ether oxygens (including phenoxy) is 2. The minimum Gasteiger partial charge on any atom is -0.387 e. The highest BCUT2D eigenvalue weighted by atomic mass is 31.2. The van der Waals surface area contributed by atoms with E-state index in [4.69, 9.17) is 33.3 Å². The van der Waals surface area contributed by atoms with Gasteiger partial charge in [-0.05, 0) is 6.92 Å². The van der Waals surface area contributed by atoms with Crippen LogP contribution in [0.2, 0.25) is 0 Å². The first kappa shape index (κ1) is 30.6. The topological polar surface area (TPSA) is 263 Å². The van der Waals surface area contributed by atoms with Crippen LogP contribution in [-0.4, -0.2) is 114 Å². The fourth-order valence-corrected chi connectivity index (χ4v) is 7.94. The lowest BCUT2D eigenvalue weighted by atomic mass is 10.1. The van der Waals surface area contributed by atoms with Crippen molar-refractivity contribution in [1.29, 1.82) is 0 Å². The van der Waals surface area contributed by atoms with Crippen molar-refractivity contribution in [2.24, 2.45) is 0 Å². The average Bonchev–Trinajstić information content (AvgIpc) is 3.72. The molecule has 5 N–H and O–H groups in total. The molecule has 3 aliphatic heterocycles. The van der Waals surface area contributed by atoms with Crippen LogP contribution in [0.25, 0.3) is 22.3 Å². The van der Waals surface area contributed by atoms with Crippen LogP contribution in [-0.2, 0) is 36.7 Å². The summed E-state index contributed by atoms with van der Waals surface area (Å²) in [6.07, 6.45) is -6.39. The number of fused-ring (bicyclic) bond motifs is 5. The second-order valence-electron chi connectivity index (χ2n) is 10.9. The third-order valence-corrected chi connectivity index (χ3v) is 10.2. The Hall–Kier alpha value is -3.03. The van der Waals surface area contributed by atoms with E-state index in [1.807, 2.05) is 0 Å². The molecule has 7 rings (SSSR count). The van der Waals surface area contributed by atoms with E-state index in [1.54, 1.807) is 6.92 Å². The second-order valence-corrected chi connectivity index (χ2v) is 15.0. The number of nitrogens with zero attached hydrogens (tertiary/aromatic N) is 7. The molecule has 0 spiro atoms. The maximum absolute atomic E-state index is 13.7. The second kappa shape index (κ2) is 11.0. The van der Waals surface area contributed by atoms with Crippen molar-refractivity contribution in [3.63, 3.8) is 0 Å². The zero-order valence-corrected chi connectivity index (χ0v) is 25.7. The number of aliphatic hydroxyl groups excluding tert-OH is 2. The molecule has 0 aromatic carbocycles. The van der Waals surface area contributed by atoms with Crippen molar-refractivity contribution in [2.45, 2.75) is 56.0 Å². The normalized spacial score (nSPS) is 37.7. The van der Waals surface area contributed by atoms with Gasteiger partial charge in [0, 0.05) is 0 Å². The largest absolute Gasteiger partial charge is 0.387 e. The molecule has 0 amide bonds. The van der Waals surface area contributed by atoms with Crippen molar-refractivity contribution in [3.05, 3.63) is 35.2 Å². The van der Waals surface area contributed by atoms with Gasteiger partial charge in [0.1, 0.15) is 54.3 Å². The van der Waals surface area contributed by atoms with Gasteiger partial charge in [0.25, 0.3) is 35.6 Å². The lowest BCUT2D eigenvalue weighted by Crippen LogP contribution is -2.36. The number of nitrogens with one attached hydrogen (secondary N) is 1. The monoisotopic (exact) mass is 665 g/mol. The van der Waals surface area contributed by atoms with Crippen LogP contribution in [0.3, 0.4) is 0 Å². The maximum Gasteiger partial charge on any atom is 0.279 e. The molecule has 20 nitrogen and oxygen atoms in total. The molecule has 3 aliphatic rings. The Bertz CT molecular complexity index is 1940. The summed E-state index contributed by atoms with van der Waals surface area (Å²) in [5.74, 6) is 0.412. The predicted octanol–water partition coefficient (Wildman–Crippen LogP) is -2.33. The number of rotatable bonds is 2. The van der Waals surface area contributed by atoms with E-state index in [9.17, 15) is 24.1 Å². The fourth-order valence-electron chi connectivity index (χ4n) is 5.61. The highest BCUT2D eigenvalue weighted by molar-refractivity contribution is 7.79. The lowest BCUT2D eigenvalue weighted by Gasteiger charge is -2.27. The van der Waals surface area contributed by atoms with Gasteiger partial charge < -0.3 is 48.5 Å². The van der Waals surface area contributed by atoms with Crippen molar-refractivity contribution < 1.29 is 46.9 Å². The van der Waals surface area contributed by atoms with Gasteiger partial charge in [0.15, 0.2) is 35.1 Å². The smallest absolute Gasteiger partial charge is 0.279 e. The number of imidazole rings is 2. The van der Waals surface area contributed by atoms with Gasteiger partial charge in [-0.2, -0.15) is 0 Å². The maximum atomic E-state index is 13.7. The molecule has 4 aromatic heterocycles. The Balaban J connectivity index is 1.21. The predicted molar refractivity (Wildman–Crippen MR) is 156 cm³/mol. The first-order valence-electron chi connectivity index (χ1n) is 13.7. The third-order valence-electron chi connectivity index (χ3n) is 7.68. The van der Waals surface area contributed by atoms with Crippen molar-refractivity contribution in [3.8, 4) is 0 Å². The first-order chi connectivity index (χ1) is 21.3. The van der Waals surface area contributed by atoms with Gasteiger partial charge in [-0.15, -0.1) is 0 Å². The summed E-state index contributed by atoms with van der Waals surface area (Å²) in [5, 5.41) is 22.5. The molecule has 4 aromatic rings. The fraction of sp³-hybridized carbons (Fsp3) is 0.524. The Morgan fingerprint density at radius 1 is 0.889 bits per heavy atom. The molecule has 10 atom stereocenters. The zero-order chi connectivity index (χ0) is 31.8. The Kier molecular flexibility index (Phi) is 7.52. The van der Waals surface area contributed by atoms with Crippen LogP contribution in [0, 0.1) is 6.92 Å². The zero-order valence-electron chi connectivity index (χ0n) is 23.9. The van der Waals surface area contributed by atoms with Gasteiger partial charge in [-0.25, -0.2) is 24.9 Å². The number of aromatic nitrogens is 8. The van der Waals surface area contributed by atoms with Crippen LogP contribution < -0.4 is 11.3 Å². The van der Waals surface area contributed by atoms with Gasteiger partial charge in [-0.3, -0.25) is 23.1 Å². The van der Waals surface area contributed by atoms with Crippen molar-refractivity contribution >= 4 is 58.2 Å². The third kappa shape index (κ3) is 5.44. The van der Waals surface area contributed by atoms with E-state index in [1.165, 1.54) is 43.2 Å². The Labute approximate surface area is 254 Å². The number of aryl methyl sites for hydroxylation is 1. The molecule has 0 aliphatic carbocycles. The summed E-state index contributed by atoms with van der Waals surface area (Å²) in [7, 11) is -5.64. The van der Waals surface area contributed by atoms with E-state index in [0.717, 1.165) is 0 Å². The summed E-state index contributed by atoms with van der Waals surface area (Å²) in [6, 6.07) is 0. The lowest BCUT2D eigenvalue weighted by molar-refractivity contribution is -0.0578. The highest BCUT2D eigenvalue weighted by Gasteiger charge is 2.52. The number of hydrogen-bond donors (Lipinski definition) is 4. The minimum absolute atomic E-state index is 0.00582. The number of hydrogen-bond acceptors (Lipinski definition) is 17. The summed E-state index contributed by atoms with van der Waals surface area (Å²) in [5.41, 5.74) is 6.07. The minimum atomic E-state index is -4.03. The number of aliphatic hydroxyl groups is 2. The van der Waals surface area contributed by atoms with E-state index < -0.39 is 82.8 Å².